The molecular formula is C16H12F5NO. The molecule has 0 aliphatic carbocycles. The Balaban J connectivity index is 2.36. The van der Waals surface area contributed by atoms with Crippen molar-refractivity contribution in [1.82, 2.24) is 0 Å². The van der Waals surface area contributed by atoms with E-state index in [1.165, 1.54) is 37.5 Å². The molecule has 0 atom stereocenters. The third kappa shape index (κ3) is 4.28. The number of hydrogen-bond donors (Lipinski definition) is 0. The molecule has 0 aromatic heterocycles. The Kier molecular flexibility index (Phi) is 4.98. The van der Waals surface area contributed by atoms with Gasteiger partial charge in [-0.1, -0.05) is 6.07 Å². The first kappa shape index (κ1) is 16.9. The minimum absolute atomic E-state index is 0.0459. The minimum Gasteiger partial charge on any atom is -0.457 e. The van der Waals surface area contributed by atoms with Crippen LogP contribution in [0.3, 0.4) is 0 Å². The van der Waals surface area contributed by atoms with E-state index in [4.69, 9.17) is 4.74 Å². The van der Waals surface area contributed by atoms with Gasteiger partial charge >= 0.3 is 6.18 Å². The summed E-state index contributed by atoms with van der Waals surface area (Å²) < 4.78 is 68.9. The molecule has 0 amide bonds. The Bertz CT molecular complexity index is 710. The average Bonchev–Trinajstić information content (AvgIpc) is 2.48. The molecule has 2 aromatic rings. The van der Waals surface area contributed by atoms with Gasteiger partial charge in [-0.05, 0) is 36.4 Å². The number of rotatable bonds is 4. The molecule has 0 bridgehead atoms. The van der Waals surface area contributed by atoms with Gasteiger partial charge in [0.1, 0.15) is 11.5 Å². The van der Waals surface area contributed by atoms with E-state index in [9.17, 15) is 22.0 Å². The van der Waals surface area contributed by atoms with Crippen molar-refractivity contribution in [1.29, 1.82) is 0 Å². The van der Waals surface area contributed by atoms with Crippen LogP contribution in [-0.2, 0) is 6.18 Å². The molecular weight excluding hydrogens is 317 g/mol. The lowest BCUT2D eigenvalue weighted by Gasteiger charge is -2.12. The van der Waals surface area contributed by atoms with Crippen molar-refractivity contribution in [3.63, 3.8) is 0 Å². The van der Waals surface area contributed by atoms with Crippen molar-refractivity contribution in [2.75, 3.05) is 7.05 Å². The highest BCUT2D eigenvalue weighted by molar-refractivity contribution is 5.84. The molecule has 2 nitrogen and oxygen atoms in total. The van der Waals surface area contributed by atoms with Crippen LogP contribution in [0.4, 0.5) is 22.0 Å². The molecule has 7 heteroatoms. The maximum Gasteiger partial charge on any atom is 0.416 e. The van der Waals surface area contributed by atoms with Crippen LogP contribution in [0.15, 0.2) is 47.5 Å². The predicted octanol–water partition coefficient (Wildman–Crippen LogP) is 5.48. The van der Waals surface area contributed by atoms with Crippen molar-refractivity contribution < 1.29 is 26.7 Å². The van der Waals surface area contributed by atoms with E-state index >= 15 is 0 Å². The van der Waals surface area contributed by atoms with Crippen molar-refractivity contribution in [2.45, 2.75) is 12.6 Å². The fraction of sp³-hybridized carbons (Fsp3) is 0.188. The number of hydrogen-bond acceptors (Lipinski definition) is 2. The lowest BCUT2D eigenvalue weighted by molar-refractivity contribution is -0.137. The van der Waals surface area contributed by atoms with Crippen LogP contribution in [0, 0.1) is 0 Å². The Labute approximate surface area is 129 Å². The molecule has 2 aromatic carbocycles. The summed E-state index contributed by atoms with van der Waals surface area (Å²) in [5, 5.41) is 0. The van der Waals surface area contributed by atoms with Crippen molar-refractivity contribution in [3.8, 4) is 11.5 Å². The zero-order chi connectivity index (χ0) is 17.0. The SMILES string of the molecule is CN=Cc1cc(C(F)F)ccc1Oc1cccc(C(F)(F)F)c1. The van der Waals surface area contributed by atoms with E-state index in [1.807, 2.05) is 0 Å². The fourth-order valence-corrected chi connectivity index (χ4v) is 1.90. The second-order valence-corrected chi connectivity index (χ2v) is 4.61. The second kappa shape index (κ2) is 6.76. The van der Waals surface area contributed by atoms with Gasteiger partial charge in [-0.2, -0.15) is 13.2 Å². The van der Waals surface area contributed by atoms with Crippen LogP contribution < -0.4 is 4.74 Å². The highest BCUT2D eigenvalue weighted by atomic mass is 19.4. The highest BCUT2D eigenvalue weighted by Crippen LogP contribution is 2.34. The molecule has 0 saturated heterocycles. The Morgan fingerprint density at radius 2 is 1.83 bits per heavy atom. The third-order valence-electron chi connectivity index (χ3n) is 2.94. The summed E-state index contributed by atoms with van der Waals surface area (Å²) in [6.45, 7) is 0. The van der Waals surface area contributed by atoms with Crippen LogP contribution in [0.25, 0.3) is 0 Å². The standard InChI is InChI=1S/C16H12F5NO/c1-22-9-11-7-10(15(17)18)5-6-14(11)23-13-4-2-3-12(8-13)16(19,20)21/h2-9,15H,1H3. The highest BCUT2D eigenvalue weighted by Gasteiger charge is 2.30. The molecule has 0 heterocycles. The molecule has 122 valence electrons. The first-order valence-electron chi connectivity index (χ1n) is 6.50. The van der Waals surface area contributed by atoms with Crippen LogP contribution in [0.5, 0.6) is 11.5 Å². The number of ether oxygens (including phenoxy) is 1. The molecule has 0 aliphatic heterocycles. The summed E-state index contributed by atoms with van der Waals surface area (Å²) in [7, 11) is 1.45. The summed E-state index contributed by atoms with van der Waals surface area (Å²) in [4.78, 5) is 3.74. The van der Waals surface area contributed by atoms with Gasteiger partial charge in [-0.25, -0.2) is 8.78 Å². The van der Waals surface area contributed by atoms with Gasteiger partial charge in [-0.15, -0.1) is 0 Å². The van der Waals surface area contributed by atoms with Gasteiger partial charge in [0.2, 0.25) is 0 Å². The van der Waals surface area contributed by atoms with E-state index in [2.05, 4.69) is 4.99 Å². The topological polar surface area (TPSA) is 21.6 Å². The molecule has 23 heavy (non-hydrogen) atoms. The van der Waals surface area contributed by atoms with Crippen molar-refractivity contribution in [2.24, 2.45) is 4.99 Å². The molecule has 0 aliphatic rings. The molecule has 2 rings (SSSR count). The lowest BCUT2D eigenvalue weighted by Crippen LogP contribution is -2.04. The monoisotopic (exact) mass is 329 g/mol. The molecule has 0 N–H and O–H groups in total. The number of benzene rings is 2. The first-order valence-corrected chi connectivity index (χ1v) is 6.50. The molecule has 0 spiro atoms. The zero-order valence-corrected chi connectivity index (χ0v) is 11.9. The maximum atomic E-state index is 12.7. The lowest BCUT2D eigenvalue weighted by atomic mass is 10.1. The zero-order valence-electron chi connectivity index (χ0n) is 11.9. The largest absolute Gasteiger partial charge is 0.457 e. The number of nitrogens with zero attached hydrogens (tertiary/aromatic N) is 1. The van der Waals surface area contributed by atoms with E-state index in [0.29, 0.717) is 0 Å². The predicted molar refractivity (Wildman–Crippen MR) is 76.4 cm³/mol. The maximum absolute atomic E-state index is 12.7. The van der Waals surface area contributed by atoms with Crippen LogP contribution >= 0.6 is 0 Å². The van der Waals surface area contributed by atoms with Crippen molar-refractivity contribution >= 4 is 6.21 Å². The summed E-state index contributed by atoms with van der Waals surface area (Å²) in [6.07, 6.45) is -5.86. The summed E-state index contributed by atoms with van der Waals surface area (Å²) in [5.74, 6) is 0.0923. The smallest absolute Gasteiger partial charge is 0.416 e. The summed E-state index contributed by atoms with van der Waals surface area (Å²) in [5.41, 5.74) is -0.830. The summed E-state index contributed by atoms with van der Waals surface area (Å²) >= 11 is 0. The van der Waals surface area contributed by atoms with Gasteiger partial charge in [0.15, 0.2) is 0 Å². The quantitative estimate of drug-likeness (QED) is 0.537. The van der Waals surface area contributed by atoms with E-state index in [-0.39, 0.29) is 22.6 Å². The number of aliphatic imine (C=N–C) groups is 1. The van der Waals surface area contributed by atoms with E-state index in [1.54, 1.807) is 0 Å². The van der Waals surface area contributed by atoms with Gasteiger partial charge in [0.25, 0.3) is 6.43 Å². The molecule has 0 saturated carbocycles. The molecule has 0 unspecified atom stereocenters. The Morgan fingerprint density at radius 3 is 2.43 bits per heavy atom. The molecule has 0 radical (unpaired) electrons. The van der Waals surface area contributed by atoms with Gasteiger partial charge in [0, 0.05) is 24.4 Å². The van der Waals surface area contributed by atoms with Gasteiger partial charge < -0.3 is 4.74 Å². The van der Waals surface area contributed by atoms with Crippen LogP contribution in [0.2, 0.25) is 0 Å². The average molecular weight is 329 g/mol. The number of halogens is 5. The Morgan fingerprint density at radius 1 is 1.09 bits per heavy atom. The second-order valence-electron chi connectivity index (χ2n) is 4.61. The Hall–Kier alpha value is -2.44. The molecule has 0 fully saturated rings. The van der Waals surface area contributed by atoms with Crippen molar-refractivity contribution in [3.05, 3.63) is 59.2 Å². The third-order valence-corrected chi connectivity index (χ3v) is 2.94. The van der Waals surface area contributed by atoms with Crippen LogP contribution in [-0.4, -0.2) is 13.3 Å². The van der Waals surface area contributed by atoms with E-state index < -0.39 is 18.2 Å². The van der Waals surface area contributed by atoms with Crippen LogP contribution in [0.1, 0.15) is 23.1 Å². The minimum atomic E-state index is -4.49. The fourth-order valence-electron chi connectivity index (χ4n) is 1.90. The normalized spacial score (nSPS) is 12.1. The van der Waals surface area contributed by atoms with Gasteiger partial charge in [0.05, 0.1) is 5.56 Å². The number of alkyl halides is 5. The van der Waals surface area contributed by atoms with Gasteiger partial charge in [-0.3, -0.25) is 4.99 Å². The summed E-state index contributed by atoms with van der Waals surface area (Å²) in [6, 6.07) is 7.93. The first-order chi connectivity index (χ1) is 10.8. The van der Waals surface area contributed by atoms with E-state index in [0.717, 1.165) is 18.2 Å².